The second-order valence-electron chi connectivity index (χ2n) is 3.11. The molecule has 0 spiro atoms. The van der Waals surface area contributed by atoms with Crippen LogP contribution in [0, 0.1) is 6.92 Å². The highest BCUT2D eigenvalue weighted by molar-refractivity contribution is 6.31. The van der Waals surface area contributed by atoms with E-state index in [9.17, 15) is 0 Å². The Morgan fingerprint density at radius 1 is 1.07 bits per heavy atom. The number of methoxy groups -OCH3 is 1. The number of ether oxygens (including phenoxy) is 1. The van der Waals surface area contributed by atoms with Gasteiger partial charge in [-0.25, -0.2) is 9.97 Å². The summed E-state index contributed by atoms with van der Waals surface area (Å²) in [6, 6.07) is 3.36. The number of rotatable bonds is 1. The molecule has 0 saturated carbocycles. The van der Waals surface area contributed by atoms with Gasteiger partial charge in [0.2, 0.25) is 0 Å². The average Bonchev–Trinajstić information content (AvgIpc) is 2.18. The lowest BCUT2D eigenvalue weighted by atomic mass is 10.2. The van der Waals surface area contributed by atoms with Gasteiger partial charge in [0.15, 0.2) is 0 Å². The van der Waals surface area contributed by atoms with E-state index in [0.717, 1.165) is 5.56 Å². The van der Waals surface area contributed by atoms with Crippen molar-refractivity contribution in [3.63, 3.8) is 0 Å². The number of hydrogen-bond donors (Lipinski definition) is 0. The van der Waals surface area contributed by atoms with Crippen molar-refractivity contribution < 1.29 is 4.74 Å². The average molecular weight is 243 g/mol. The third-order valence-electron chi connectivity index (χ3n) is 2.07. The number of pyridine rings is 2. The summed E-state index contributed by atoms with van der Waals surface area (Å²) in [6.07, 6.45) is 0. The van der Waals surface area contributed by atoms with E-state index in [1.807, 2.05) is 6.92 Å². The Hall–Kier alpha value is -1.06. The van der Waals surface area contributed by atoms with E-state index in [1.54, 1.807) is 19.2 Å². The molecule has 0 N–H and O–H groups in total. The van der Waals surface area contributed by atoms with E-state index in [2.05, 4.69) is 9.97 Å². The fourth-order valence-corrected chi connectivity index (χ4v) is 1.84. The highest BCUT2D eigenvalue weighted by Gasteiger charge is 2.10. The summed E-state index contributed by atoms with van der Waals surface area (Å²) in [7, 11) is 1.56. The van der Waals surface area contributed by atoms with Gasteiger partial charge in [-0.05, 0) is 18.6 Å². The van der Waals surface area contributed by atoms with Crippen LogP contribution in [0.2, 0.25) is 10.3 Å². The van der Waals surface area contributed by atoms with E-state index in [-0.39, 0.29) is 0 Å². The summed E-state index contributed by atoms with van der Waals surface area (Å²) < 4.78 is 5.17. The molecular weight excluding hydrogens is 235 g/mol. The number of nitrogens with zero attached hydrogens (tertiary/aromatic N) is 2. The summed E-state index contributed by atoms with van der Waals surface area (Å²) in [6.45, 7) is 1.90. The lowest BCUT2D eigenvalue weighted by molar-refractivity contribution is 0.418. The molecule has 0 atom stereocenters. The standard InChI is InChI=1S/C10H8Cl2N2O/c1-5-3-7(11)14-10-6(15-2)4-8(12)13-9(5)10/h3-4H,1-2H3. The van der Waals surface area contributed by atoms with Crippen molar-refractivity contribution in [2.24, 2.45) is 0 Å². The van der Waals surface area contributed by atoms with Crippen LogP contribution in [0.15, 0.2) is 12.1 Å². The highest BCUT2D eigenvalue weighted by atomic mass is 35.5. The van der Waals surface area contributed by atoms with Crippen LogP contribution in [0.1, 0.15) is 5.56 Å². The number of hydrogen-bond acceptors (Lipinski definition) is 3. The van der Waals surface area contributed by atoms with Gasteiger partial charge in [0.05, 0.1) is 12.6 Å². The maximum Gasteiger partial charge on any atom is 0.149 e. The summed E-state index contributed by atoms with van der Waals surface area (Å²) >= 11 is 11.7. The molecular formula is C10H8Cl2N2O. The first-order chi connectivity index (χ1) is 7.11. The minimum Gasteiger partial charge on any atom is -0.494 e. The van der Waals surface area contributed by atoms with Crippen molar-refractivity contribution in [3.05, 3.63) is 28.0 Å². The van der Waals surface area contributed by atoms with E-state index >= 15 is 0 Å². The molecule has 5 heteroatoms. The molecule has 2 aromatic heterocycles. The monoisotopic (exact) mass is 242 g/mol. The van der Waals surface area contributed by atoms with Gasteiger partial charge >= 0.3 is 0 Å². The fourth-order valence-electron chi connectivity index (χ4n) is 1.41. The molecule has 0 aromatic carbocycles. The maximum absolute atomic E-state index is 5.87. The third-order valence-corrected chi connectivity index (χ3v) is 2.46. The van der Waals surface area contributed by atoms with Crippen LogP contribution in [0.3, 0.4) is 0 Å². The van der Waals surface area contributed by atoms with Gasteiger partial charge < -0.3 is 4.74 Å². The van der Waals surface area contributed by atoms with Crippen molar-refractivity contribution in [2.45, 2.75) is 6.92 Å². The summed E-state index contributed by atoms with van der Waals surface area (Å²) in [5, 5.41) is 0.800. The second-order valence-corrected chi connectivity index (χ2v) is 3.88. The van der Waals surface area contributed by atoms with Crippen LogP contribution in [0.25, 0.3) is 11.0 Å². The normalized spacial score (nSPS) is 10.7. The largest absolute Gasteiger partial charge is 0.494 e. The predicted molar refractivity (Wildman–Crippen MR) is 60.8 cm³/mol. The Balaban J connectivity index is 2.89. The van der Waals surface area contributed by atoms with Gasteiger partial charge in [0, 0.05) is 6.07 Å². The minimum atomic E-state index is 0.381. The van der Waals surface area contributed by atoms with Crippen LogP contribution in [-0.4, -0.2) is 17.1 Å². The first-order valence-corrected chi connectivity index (χ1v) is 5.05. The number of fused-ring (bicyclic) bond motifs is 1. The number of halogens is 2. The van der Waals surface area contributed by atoms with Crippen LogP contribution in [0.4, 0.5) is 0 Å². The Morgan fingerprint density at radius 2 is 1.67 bits per heavy atom. The zero-order chi connectivity index (χ0) is 11.0. The molecule has 0 unspecified atom stereocenters. The second kappa shape index (κ2) is 3.83. The van der Waals surface area contributed by atoms with Gasteiger partial charge in [0.25, 0.3) is 0 Å². The Labute approximate surface area is 97.0 Å². The van der Waals surface area contributed by atoms with Crippen LogP contribution >= 0.6 is 23.2 Å². The van der Waals surface area contributed by atoms with Gasteiger partial charge in [-0.2, -0.15) is 0 Å². The third kappa shape index (κ3) is 1.85. The fraction of sp³-hybridized carbons (Fsp3) is 0.200. The van der Waals surface area contributed by atoms with Crippen molar-refractivity contribution in [3.8, 4) is 5.75 Å². The van der Waals surface area contributed by atoms with Gasteiger partial charge in [0.1, 0.15) is 21.6 Å². The molecule has 0 saturated heterocycles. The van der Waals surface area contributed by atoms with E-state index in [4.69, 9.17) is 27.9 Å². The maximum atomic E-state index is 5.87. The molecule has 15 heavy (non-hydrogen) atoms. The Morgan fingerprint density at radius 3 is 2.33 bits per heavy atom. The van der Waals surface area contributed by atoms with Crippen molar-refractivity contribution in [2.75, 3.05) is 7.11 Å². The smallest absolute Gasteiger partial charge is 0.149 e. The molecule has 0 aliphatic rings. The first kappa shape index (κ1) is 10.5. The van der Waals surface area contributed by atoms with Crippen molar-refractivity contribution >= 4 is 34.2 Å². The zero-order valence-corrected chi connectivity index (χ0v) is 9.73. The topological polar surface area (TPSA) is 35.0 Å². The van der Waals surface area contributed by atoms with Gasteiger partial charge in [-0.1, -0.05) is 23.2 Å². The predicted octanol–water partition coefficient (Wildman–Crippen LogP) is 3.25. The molecule has 0 aliphatic carbocycles. The van der Waals surface area contributed by atoms with E-state index < -0.39 is 0 Å². The lowest BCUT2D eigenvalue weighted by Crippen LogP contribution is -1.93. The van der Waals surface area contributed by atoms with Crippen LogP contribution in [0.5, 0.6) is 5.75 Å². The van der Waals surface area contributed by atoms with Gasteiger partial charge in [-0.15, -0.1) is 0 Å². The molecule has 0 fully saturated rings. The summed E-state index contributed by atoms with van der Waals surface area (Å²) in [4.78, 5) is 8.36. The quantitative estimate of drug-likeness (QED) is 0.721. The molecule has 0 aliphatic heterocycles. The first-order valence-electron chi connectivity index (χ1n) is 4.29. The van der Waals surface area contributed by atoms with Gasteiger partial charge in [-0.3, -0.25) is 0 Å². The molecule has 0 radical (unpaired) electrons. The zero-order valence-electron chi connectivity index (χ0n) is 8.21. The van der Waals surface area contributed by atoms with E-state index in [0.29, 0.717) is 27.1 Å². The number of aromatic nitrogens is 2. The molecule has 78 valence electrons. The van der Waals surface area contributed by atoms with Crippen molar-refractivity contribution in [1.82, 2.24) is 9.97 Å². The molecule has 2 rings (SSSR count). The lowest BCUT2D eigenvalue weighted by Gasteiger charge is -2.07. The molecule has 0 amide bonds. The highest BCUT2D eigenvalue weighted by Crippen LogP contribution is 2.28. The Bertz CT molecular complexity index is 528. The molecule has 2 aromatic rings. The summed E-state index contributed by atoms with van der Waals surface area (Å²) in [5.41, 5.74) is 2.27. The van der Waals surface area contributed by atoms with Crippen molar-refractivity contribution in [1.29, 1.82) is 0 Å². The van der Waals surface area contributed by atoms with Crippen LogP contribution in [-0.2, 0) is 0 Å². The summed E-state index contributed by atoms with van der Waals surface area (Å²) in [5.74, 6) is 0.579. The number of aryl methyl sites for hydroxylation is 1. The SMILES string of the molecule is COc1cc(Cl)nc2c(C)cc(Cl)nc12. The molecule has 2 heterocycles. The minimum absolute atomic E-state index is 0.381. The molecule has 0 bridgehead atoms. The van der Waals surface area contributed by atoms with Crippen LogP contribution < -0.4 is 4.74 Å². The Kier molecular flexibility index (Phi) is 2.67. The molecule has 3 nitrogen and oxygen atoms in total. The van der Waals surface area contributed by atoms with E-state index in [1.165, 1.54) is 0 Å².